The van der Waals surface area contributed by atoms with Crippen molar-refractivity contribution in [1.29, 1.82) is 0 Å². The van der Waals surface area contributed by atoms with Crippen LogP contribution in [0.2, 0.25) is 0 Å². The lowest BCUT2D eigenvalue weighted by Crippen LogP contribution is -2.29. The van der Waals surface area contributed by atoms with Crippen LogP contribution in [0.25, 0.3) is 0 Å². The lowest BCUT2D eigenvalue weighted by atomic mass is 10.1. The maximum Gasteiger partial charge on any atom is 0.257 e. The van der Waals surface area contributed by atoms with E-state index in [9.17, 15) is 4.79 Å². The SMILES string of the molecule is Cc1nn(C)c(C)c1C(=O)N1CCC(CCN)C1. The van der Waals surface area contributed by atoms with Gasteiger partial charge in [-0.15, -0.1) is 0 Å². The van der Waals surface area contributed by atoms with Crippen LogP contribution in [-0.2, 0) is 7.05 Å². The Morgan fingerprint density at radius 1 is 1.50 bits per heavy atom. The molecule has 2 heterocycles. The summed E-state index contributed by atoms with van der Waals surface area (Å²) < 4.78 is 1.77. The zero-order chi connectivity index (χ0) is 13.3. The van der Waals surface area contributed by atoms with Gasteiger partial charge in [-0.3, -0.25) is 9.48 Å². The van der Waals surface area contributed by atoms with Gasteiger partial charge in [0, 0.05) is 25.8 Å². The van der Waals surface area contributed by atoms with Gasteiger partial charge in [-0.25, -0.2) is 0 Å². The van der Waals surface area contributed by atoms with Gasteiger partial charge < -0.3 is 10.6 Å². The Kier molecular flexibility index (Phi) is 3.71. The maximum absolute atomic E-state index is 12.5. The highest BCUT2D eigenvalue weighted by molar-refractivity contribution is 5.96. The molecule has 0 bridgehead atoms. The van der Waals surface area contributed by atoms with Crippen molar-refractivity contribution in [2.75, 3.05) is 19.6 Å². The van der Waals surface area contributed by atoms with Gasteiger partial charge in [-0.05, 0) is 39.2 Å². The molecule has 18 heavy (non-hydrogen) atoms. The summed E-state index contributed by atoms with van der Waals surface area (Å²) in [6.45, 7) is 6.23. The van der Waals surface area contributed by atoms with Crippen molar-refractivity contribution < 1.29 is 4.79 Å². The number of nitrogens with zero attached hydrogens (tertiary/aromatic N) is 3. The second-order valence-corrected chi connectivity index (χ2v) is 5.15. The van der Waals surface area contributed by atoms with Crippen molar-refractivity contribution in [3.8, 4) is 0 Å². The predicted octanol–water partition coefficient (Wildman–Crippen LogP) is 0.848. The quantitative estimate of drug-likeness (QED) is 0.865. The third-order valence-electron chi connectivity index (χ3n) is 3.87. The predicted molar refractivity (Wildman–Crippen MR) is 70.4 cm³/mol. The van der Waals surface area contributed by atoms with Gasteiger partial charge in [0.1, 0.15) is 0 Å². The Morgan fingerprint density at radius 3 is 2.78 bits per heavy atom. The fourth-order valence-electron chi connectivity index (χ4n) is 2.73. The van der Waals surface area contributed by atoms with E-state index in [1.54, 1.807) is 4.68 Å². The van der Waals surface area contributed by atoms with Crippen LogP contribution >= 0.6 is 0 Å². The molecular formula is C13H22N4O. The summed E-state index contributed by atoms with van der Waals surface area (Å²) in [6.07, 6.45) is 2.08. The maximum atomic E-state index is 12.5. The van der Waals surface area contributed by atoms with Crippen molar-refractivity contribution in [1.82, 2.24) is 14.7 Å². The number of aryl methyl sites for hydroxylation is 2. The molecule has 1 aliphatic heterocycles. The summed E-state index contributed by atoms with van der Waals surface area (Å²) in [7, 11) is 1.88. The van der Waals surface area contributed by atoms with E-state index in [4.69, 9.17) is 5.73 Å². The van der Waals surface area contributed by atoms with E-state index in [-0.39, 0.29) is 5.91 Å². The Morgan fingerprint density at radius 2 is 2.22 bits per heavy atom. The van der Waals surface area contributed by atoms with Gasteiger partial charge >= 0.3 is 0 Å². The highest BCUT2D eigenvalue weighted by Gasteiger charge is 2.29. The summed E-state index contributed by atoms with van der Waals surface area (Å²) in [5, 5.41) is 4.31. The highest BCUT2D eigenvalue weighted by atomic mass is 16.2. The van der Waals surface area contributed by atoms with Crippen LogP contribution in [0.5, 0.6) is 0 Å². The molecule has 1 unspecified atom stereocenters. The molecule has 0 spiro atoms. The number of rotatable bonds is 3. The van der Waals surface area contributed by atoms with Crippen LogP contribution in [-0.4, -0.2) is 40.2 Å². The summed E-state index contributed by atoms with van der Waals surface area (Å²) in [4.78, 5) is 14.4. The Balaban J connectivity index is 2.13. The molecule has 2 N–H and O–H groups in total. The van der Waals surface area contributed by atoms with E-state index < -0.39 is 0 Å². The minimum atomic E-state index is 0.123. The van der Waals surface area contributed by atoms with Gasteiger partial charge in [0.25, 0.3) is 5.91 Å². The minimum Gasteiger partial charge on any atom is -0.338 e. The second kappa shape index (κ2) is 5.10. The first-order chi connectivity index (χ1) is 8.54. The molecular weight excluding hydrogens is 228 g/mol. The Labute approximate surface area is 108 Å². The standard InChI is InChI=1S/C13H22N4O/c1-9-12(10(2)16(3)15-9)13(18)17-7-5-11(8-17)4-6-14/h11H,4-8,14H2,1-3H3. The first kappa shape index (κ1) is 13.1. The molecule has 1 fully saturated rings. The minimum absolute atomic E-state index is 0.123. The van der Waals surface area contributed by atoms with Crippen molar-refractivity contribution in [2.45, 2.75) is 26.7 Å². The van der Waals surface area contributed by atoms with Crippen molar-refractivity contribution in [2.24, 2.45) is 18.7 Å². The molecule has 1 saturated heterocycles. The lowest BCUT2D eigenvalue weighted by molar-refractivity contribution is 0.0785. The third kappa shape index (κ3) is 2.27. The molecule has 1 aliphatic rings. The number of carbonyl (C=O) groups excluding carboxylic acids is 1. The fraction of sp³-hybridized carbons (Fsp3) is 0.692. The summed E-state index contributed by atoms with van der Waals surface area (Å²) in [5.74, 6) is 0.689. The van der Waals surface area contributed by atoms with Crippen LogP contribution in [0.4, 0.5) is 0 Å². The monoisotopic (exact) mass is 250 g/mol. The molecule has 2 rings (SSSR count). The number of hydrogen-bond acceptors (Lipinski definition) is 3. The smallest absolute Gasteiger partial charge is 0.257 e. The zero-order valence-electron chi connectivity index (χ0n) is 11.4. The largest absolute Gasteiger partial charge is 0.338 e. The first-order valence-electron chi connectivity index (χ1n) is 6.54. The average molecular weight is 250 g/mol. The van der Waals surface area contributed by atoms with Crippen LogP contribution in [0.15, 0.2) is 0 Å². The van der Waals surface area contributed by atoms with E-state index >= 15 is 0 Å². The van der Waals surface area contributed by atoms with Crippen LogP contribution in [0.1, 0.15) is 34.6 Å². The lowest BCUT2D eigenvalue weighted by Gasteiger charge is -2.16. The fourth-order valence-corrected chi connectivity index (χ4v) is 2.73. The van der Waals surface area contributed by atoms with Gasteiger partial charge in [0.2, 0.25) is 0 Å². The zero-order valence-corrected chi connectivity index (χ0v) is 11.4. The van der Waals surface area contributed by atoms with Crippen LogP contribution < -0.4 is 5.73 Å². The van der Waals surface area contributed by atoms with E-state index in [2.05, 4.69) is 5.10 Å². The number of nitrogens with two attached hydrogens (primary N) is 1. The van der Waals surface area contributed by atoms with Crippen molar-refractivity contribution >= 4 is 5.91 Å². The summed E-state index contributed by atoms with van der Waals surface area (Å²) in [5.41, 5.74) is 8.11. The number of aromatic nitrogens is 2. The average Bonchev–Trinajstić information content (AvgIpc) is 2.86. The van der Waals surface area contributed by atoms with Crippen LogP contribution in [0.3, 0.4) is 0 Å². The van der Waals surface area contributed by atoms with Crippen molar-refractivity contribution in [3.63, 3.8) is 0 Å². The number of hydrogen-bond donors (Lipinski definition) is 1. The molecule has 100 valence electrons. The highest BCUT2D eigenvalue weighted by Crippen LogP contribution is 2.23. The van der Waals surface area contributed by atoms with Gasteiger partial charge in [0.15, 0.2) is 0 Å². The first-order valence-corrected chi connectivity index (χ1v) is 6.54. The summed E-state index contributed by atoms with van der Waals surface area (Å²) in [6, 6.07) is 0. The van der Waals surface area contributed by atoms with Crippen LogP contribution in [0, 0.1) is 19.8 Å². The molecule has 1 atom stereocenters. The number of carbonyl (C=O) groups is 1. The van der Waals surface area contributed by atoms with E-state index in [0.29, 0.717) is 12.5 Å². The normalized spacial score (nSPS) is 19.6. The molecule has 5 nitrogen and oxygen atoms in total. The van der Waals surface area contributed by atoms with Gasteiger partial charge in [-0.2, -0.15) is 5.10 Å². The topological polar surface area (TPSA) is 64.2 Å². The van der Waals surface area contributed by atoms with Gasteiger partial charge in [0.05, 0.1) is 11.3 Å². The molecule has 1 aromatic heterocycles. The number of likely N-dealkylation sites (tertiary alicyclic amines) is 1. The Bertz CT molecular complexity index is 452. The molecule has 0 aromatic carbocycles. The molecule has 0 saturated carbocycles. The van der Waals surface area contributed by atoms with Gasteiger partial charge in [-0.1, -0.05) is 0 Å². The van der Waals surface area contributed by atoms with Crippen molar-refractivity contribution in [3.05, 3.63) is 17.0 Å². The van der Waals surface area contributed by atoms with E-state index in [0.717, 1.165) is 42.9 Å². The van der Waals surface area contributed by atoms with E-state index in [1.165, 1.54) is 0 Å². The molecule has 0 aliphatic carbocycles. The molecule has 5 heteroatoms. The molecule has 1 amide bonds. The second-order valence-electron chi connectivity index (χ2n) is 5.15. The molecule has 1 aromatic rings. The summed E-state index contributed by atoms with van der Waals surface area (Å²) >= 11 is 0. The van der Waals surface area contributed by atoms with E-state index in [1.807, 2.05) is 25.8 Å². The molecule has 0 radical (unpaired) electrons. The Hall–Kier alpha value is -1.36. The third-order valence-corrected chi connectivity index (χ3v) is 3.87. The number of amides is 1.